The highest BCUT2D eigenvalue weighted by Gasteiger charge is 2.32. The van der Waals surface area contributed by atoms with E-state index in [1.807, 2.05) is 31.2 Å². The first-order valence-electron chi connectivity index (χ1n) is 11.1. The van der Waals surface area contributed by atoms with Crippen LogP contribution in [0.4, 0.5) is 0 Å². The molecule has 3 aromatic carbocycles. The van der Waals surface area contributed by atoms with Gasteiger partial charge in [-0.15, -0.1) is 0 Å². The zero-order valence-electron chi connectivity index (χ0n) is 19.2. The summed E-state index contributed by atoms with van der Waals surface area (Å²) in [6.45, 7) is 2.52. The molecular formula is C27H21BrCl2N2O4. The van der Waals surface area contributed by atoms with Gasteiger partial charge in [-0.3, -0.25) is 0 Å². The van der Waals surface area contributed by atoms with Crippen LogP contribution in [0.25, 0.3) is 0 Å². The third-order valence-electron chi connectivity index (χ3n) is 5.60. The molecule has 9 heteroatoms. The molecule has 0 aromatic heterocycles. The number of rotatable bonds is 7. The average molecular weight is 588 g/mol. The molecule has 0 fully saturated rings. The van der Waals surface area contributed by atoms with Gasteiger partial charge in [0.2, 0.25) is 5.88 Å². The molecule has 0 saturated carbocycles. The molecule has 1 aliphatic heterocycles. The van der Waals surface area contributed by atoms with Crippen molar-refractivity contribution in [2.75, 3.05) is 6.61 Å². The zero-order chi connectivity index (χ0) is 25.8. The van der Waals surface area contributed by atoms with E-state index in [-0.39, 0.29) is 27.2 Å². The summed E-state index contributed by atoms with van der Waals surface area (Å²) in [7, 11) is 0. The van der Waals surface area contributed by atoms with Crippen molar-refractivity contribution in [2.24, 2.45) is 5.73 Å². The number of ether oxygens (including phenoxy) is 3. The lowest BCUT2D eigenvalue weighted by Crippen LogP contribution is -2.21. The molecule has 0 aliphatic carbocycles. The number of nitrogens with two attached hydrogens (primary N) is 1. The molecule has 1 atom stereocenters. The fraction of sp³-hybridized carbons (Fsp3) is 0.185. The lowest BCUT2D eigenvalue weighted by Gasteiger charge is -2.27. The molecule has 4 rings (SSSR count). The van der Waals surface area contributed by atoms with E-state index in [9.17, 15) is 10.1 Å². The second-order valence-corrected chi connectivity index (χ2v) is 9.68. The number of halogens is 3. The number of carbonyl (C=O) groups excluding carboxylic acids is 1. The number of nitriles is 1. The number of allylic oxidation sites excluding steroid dienone is 1. The summed E-state index contributed by atoms with van der Waals surface area (Å²) in [5.74, 6) is -0.164. The number of esters is 1. The fourth-order valence-corrected chi connectivity index (χ4v) is 4.94. The largest absolute Gasteiger partial charge is 0.490 e. The second kappa shape index (κ2) is 11.3. The Balaban J connectivity index is 1.61. The molecule has 184 valence electrons. The molecule has 0 bridgehead atoms. The molecule has 0 amide bonds. The highest BCUT2D eigenvalue weighted by Crippen LogP contribution is 2.45. The van der Waals surface area contributed by atoms with Gasteiger partial charge in [-0.25, -0.2) is 4.79 Å². The van der Waals surface area contributed by atoms with E-state index in [4.69, 9.17) is 43.1 Å². The monoisotopic (exact) mass is 586 g/mol. The quantitative estimate of drug-likeness (QED) is 0.176. The topological polar surface area (TPSA) is 94.6 Å². The van der Waals surface area contributed by atoms with Crippen LogP contribution in [-0.2, 0) is 0 Å². The SMILES string of the molecule is CCCCOc1c(Cl)cc(C(=O)Oc2ccc3c(c2)OC(N)=C(C#N)C3c2ccccc2Br)cc1Cl. The van der Waals surface area contributed by atoms with Crippen molar-refractivity contribution in [3.63, 3.8) is 0 Å². The molecule has 2 N–H and O–H groups in total. The highest BCUT2D eigenvalue weighted by molar-refractivity contribution is 9.10. The summed E-state index contributed by atoms with van der Waals surface area (Å²) in [6, 6.07) is 17.6. The van der Waals surface area contributed by atoms with Crippen LogP contribution in [0.1, 0.15) is 47.2 Å². The van der Waals surface area contributed by atoms with Gasteiger partial charge in [-0.1, -0.05) is 76.7 Å². The Morgan fingerprint density at radius 2 is 1.86 bits per heavy atom. The standard InChI is InChI=1S/C27H21BrCl2N2O4/c1-2-3-10-34-25-21(29)11-15(12-22(25)30)27(33)35-16-8-9-18-23(13-16)36-26(32)19(14-31)24(18)17-6-4-5-7-20(17)28/h4-9,11-13,24H,2-3,10,32H2,1H3. The Bertz CT molecular complexity index is 1380. The number of carbonyl (C=O) groups is 1. The van der Waals surface area contributed by atoms with Gasteiger partial charge in [0.1, 0.15) is 23.1 Å². The molecule has 0 saturated heterocycles. The van der Waals surface area contributed by atoms with Gasteiger partial charge in [-0.05, 0) is 36.2 Å². The molecule has 0 spiro atoms. The third-order valence-corrected chi connectivity index (χ3v) is 6.88. The van der Waals surface area contributed by atoms with E-state index in [0.29, 0.717) is 29.2 Å². The van der Waals surface area contributed by atoms with Crippen LogP contribution < -0.4 is 19.9 Å². The zero-order valence-corrected chi connectivity index (χ0v) is 22.3. The number of fused-ring (bicyclic) bond motifs is 1. The van der Waals surface area contributed by atoms with Crippen molar-refractivity contribution < 1.29 is 19.0 Å². The minimum atomic E-state index is -0.654. The Labute approximate surface area is 227 Å². The summed E-state index contributed by atoms with van der Waals surface area (Å²) in [6.07, 6.45) is 1.82. The number of hydrogen-bond donors (Lipinski definition) is 1. The van der Waals surface area contributed by atoms with Gasteiger partial charge in [0.15, 0.2) is 5.75 Å². The van der Waals surface area contributed by atoms with Gasteiger partial charge in [0, 0.05) is 16.1 Å². The van der Waals surface area contributed by atoms with Crippen LogP contribution in [0.5, 0.6) is 17.2 Å². The maximum Gasteiger partial charge on any atom is 0.343 e. The van der Waals surface area contributed by atoms with E-state index >= 15 is 0 Å². The van der Waals surface area contributed by atoms with E-state index in [1.54, 1.807) is 18.2 Å². The normalized spacial score (nSPS) is 14.5. The smallest absolute Gasteiger partial charge is 0.343 e. The molecule has 36 heavy (non-hydrogen) atoms. The number of unbranched alkanes of at least 4 members (excludes halogenated alkanes) is 1. The van der Waals surface area contributed by atoms with Crippen molar-refractivity contribution in [1.82, 2.24) is 0 Å². The molecule has 1 unspecified atom stereocenters. The summed E-state index contributed by atoms with van der Waals surface area (Å²) in [4.78, 5) is 12.8. The predicted molar refractivity (Wildman–Crippen MR) is 142 cm³/mol. The molecule has 1 aliphatic rings. The first kappa shape index (κ1) is 25.9. The van der Waals surface area contributed by atoms with Crippen molar-refractivity contribution in [3.8, 4) is 23.3 Å². The minimum absolute atomic E-state index is 0.00791. The first-order valence-corrected chi connectivity index (χ1v) is 12.7. The lowest BCUT2D eigenvalue weighted by molar-refractivity contribution is 0.0734. The Morgan fingerprint density at radius 3 is 2.53 bits per heavy atom. The van der Waals surface area contributed by atoms with E-state index in [0.717, 1.165) is 22.9 Å². The van der Waals surface area contributed by atoms with Gasteiger partial charge in [0.05, 0.1) is 28.1 Å². The number of benzene rings is 3. The predicted octanol–water partition coefficient (Wildman–Crippen LogP) is 7.37. The van der Waals surface area contributed by atoms with Crippen molar-refractivity contribution >= 4 is 45.1 Å². The van der Waals surface area contributed by atoms with E-state index < -0.39 is 11.9 Å². The van der Waals surface area contributed by atoms with Crippen molar-refractivity contribution in [3.05, 3.63) is 97.3 Å². The van der Waals surface area contributed by atoms with Crippen LogP contribution in [0.3, 0.4) is 0 Å². The van der Waals surface area contributed by atoms with Crippen molar-refractivity contribution in [1.29, 1.82) is 5.26 Å². The summed E-state index contributed by atoms with van der Waals surface area (Å²) >= 11 is 16.2. The molecule has 1 heterocycles. The highest BCUT2D eigenvalue weighted by atomic mass is 79.9. The maximum absolute atomic E-state index is 12.8. The average Bonchev–Trinajstić information content (AvgIpc) is 2.85. The van der Waals surface area contributed by atoms with Crippen LogP contribution in [-0.4, -0.2) is 12.6 Å². The first-order chi connectivity index (χ1) is 17.3. The molecule has 3 aromatic rings. The van der Waals surface area contributed by atoms with Crippen LogP contribution in [0.15, 0.2) is 70.5 Å². The Kier molecular flexibility index (Phi) is 8.10. The van der Waals surface area contributed by atoms with E-state index in [2.05, 4.69) is 22.0 Å². The van der Waals surface area contributed by atoms with Crippen LogP contribution >= 0.6 is 39.1 Å². The third kappa shape index (κ3) is 5.31. The molecule has 0 radical (unpaired) electrons. The summed E-state index contributed by atoms with van der Waals surface area (Å²) < 4.78 is 17.7. The molecular weight excluding hydrogens is 567 g/mol. The van der Waals surface area contributed by atoms with Gasteiger partial charge < -0.3 is 19.9 Å². The summed E-state index contributed by atoms with van der Waals surface area (Å²) in [5.41, 5.74) is 8.13. The van der Waals surface area contributed by atoms with Gasteiger partial charge >= 0.3 is 5.97 Å². The maximum atomic E-state index is 12.8. The minimum Gasteiger partial charge on any atom is -0.490 e. The van der Waals surface area contributed by atoms with Crippen molar-refractivity contribution in [2.45, 2.75) is 25.7 Å². The Morgan fingerprint density at radius 1 is 1.14 bits per heavy atom. The molecule has 6 nitrogen and oxygen atoms in total. The van der Waals surface area contributed by atoms with Gasteiger partial charge in [0.25, 0.3) is 0 Å². The van der Waals surface area contributed by atoms with E-state index in [1.165, 1.54) is 12.1 Å². The fourth-order valence-electron chi connectivity index (χ4n) is 3.83. The van der Waals surface area contributed by atoms with Crippen LogP contribution in [0, 0.1) is 11.3 Å². The lowest BCUT2D eigenvalue weighted by atomic mass is 9.83. The number of hydrogen-bond acceptors (Lipinski definition) is 6. The van der Waals surface area contributed by atoms with Crippen LogP contribution in [0.2, 0.25) is 10.0 Å². The second-order valence-electron chi connectivity index (χ2n) is 8.01. The summed E-state index contributed by atoms with van der Waals surface area (Å²) in [5, 5.41) is 10.2. The number of nitrogens with zero attached hydrogens (tertiary/aromatic N) is 1. The Hall–Kier alpha value is -3.18. The van der Waals surface area contributed by atoms with Gasteiger partial charge in [-0.2, -0.15) is 5.26 Å².